The van der Waals surface area contributed by atoms with Crippen LogP contribution in [0.4, 0.5) is 0 Å². The van der Waals surface area contributed by atoms with Crippen molar-refractivity contribution >= 4 is 0 Å². The Morgan fingerprint density at radius 1 is 1.18 bits per heavy atom. The summed E-state index contributed by atoms with van der Waals surface area (Å²) in [4.78, 5) is 6.57. The smallest absolute Gasteiger partial charge is 0.167 e. The molecule has 0 spiro atoms. The van der Waals surface area contributed by atoms with E-state index < -0.39 is 6.10 Å². The molecule has 0 amide bonds. The Balaban J connectivity index is 1.24. The predicted octanol–water partition coefficient (Wildman–Crippen LogP) is 2.05. The number of imidazole rings is 1. The third-order valence-electron chi connectivity index (χ3n) is 6.85. The lowest BCUT2D eigenvalue weighted by Gasteiger charge is -2.19. The normalized spacial score (nSPS) is 24.2. The first kappa shape index (κ1) is 22.8. The number of aliphatic hydroxyl groups is 2. The van der Waals surface area contributed by atoms with Gasteiger partial charge in [0, 0.05) is 61.7 Å². The molecule has 8 nitrogen and oxygen atoms in total. The van der Waals surface area contributed by atoms with Gasteiger partial charge < -0.3 is 29.9 Å². The van der Waals surface area contributed by atoms with E-state index in [1.54, 1.807) is 19.3 Å². The maximum Gasteiger partial charge on any atom is 0.167 e. The molecule has 8 heteroatoms. The van der Waals surface area contributed by atoms with Crippen LogP contribution in [-0.2, 0) is 0 Å². The van der Waals surface area contributed by atoms with E-state index in [4.69, 9.17) is 10.3 Å². The van der Waals surface area contributed by atoms with Crippen molar-refractivity contribution in [2.45, 2.75) is 32.1 Å². The molecule has 1 aliphatic heterocycles. The topological polar surface area (TPSA) is 114 Å². The molecular weight excluding hydrogens is 430 g/mol. The number of aromatic nitrogens is 3. The molecule has 2 aliphatic rings. The molecule has 34 heavy (non-hydrogen) atoms. The van der Waals surface area contributed by atoms with Crippen LogP contribution in [0.15, 0.2) is 47.2 Å². The molecule has 5 rings (SSSR count). The van der Waals surface area contributed by atoms with Crippen LogP contribution in [0.2, 0.25) is 0 Å². The highest BCUT2D eigenvalue weighted by atomic mass is 16.5. The molecular formula is C26H31N5O3. The van der Waals surface area contributed by atoms with Gasteiger partial charge in [-0.2, -0.15) is 0 Å². The summed E-state index contributed by atoms with van der Waals surface area (Å²) < 4.78 is 7.44. The molecule has 2 unspecified atom stereocenters. The Bertz CT molecular complexity index is 1170. The van der Waals surface area contributed by atoms with Crippen molar-refractivity contribution < 1.29 is 14.7 Å². The van der Waals surface area contributed by atoms with Crippen molar-refractivity contribution in [1.82, 2.24) is 19.6 Å². The van der Waals surface area contributed by atoms with Crippen molar-refractivity contribution in [3.05, 3.63) is 59.8 Å². The van der Waals surface area contributed by atoms with Crippen LogP contribution < -0.4 is 5.73 Å². The Hall–Kier alpha value is -2.96. The van der Waals surface area contributed by atoms with Gasteiger partial charge in [0.1, 0.15) is 17.6 Å². The molecule has 0 radical (unpaired) electrons. The van der Waals surface area contributed by atoms with Crippen molar-refractivity contribution in [1.29, 1.82) is 0 Å². The summed E-state index contributed by atoms with van der Waals surface area (Å²) >= 11 is 0. The highest BCUT2D eigenvalue weighted by molar-refractivity contribution is 5.59. The third kappa shape index (κ3) is 4.52. The maximum absolute atomic E-state index is 9.97. The first-order chi connectivity index (χ1) is 16.4. The third-order valence-corrected chi connectivity index (χ3v) is 6.85. The zero-order valence-electron chi connectivity index (χ0n) is 19.5. The monoisotopic (exact) mass is 461 g/mol. The lowest BCUT2D eigenvalue weighted by molar-refractivity contribution is 0.132. The van der Waals surface area contributed by atoms with Crippen molar-refractivity contribution in [2.24, 2.45) is 23.5 Å². The molecule has 1 saturated carbocycles. The Morgan fingerprint density at radius 3 is 2.56 bits per heavy atom. The van der Waals surface area contributed by atoms with E-state index in [1.165, 1.54) is 0 Å². The van der Waals surface area contributed by atoms with Gasteiger partial charge in [0.15, 0.2) is 5.76 Å². The van der Waals surface area contributed by atoms with Crippen LogP contribution in [-0.4, -0.2) is 62.1 Å². The Kier molecular flexibility index (Phi) is 6.28. The van der Waals surface area contributed by atoms with Crippen molar-refractivity contribution in [2.75, 3.05) is 26.2 Å². The second kappa shape index (κ2) is 9.35. The maximum atomic E-state index is 9.97. The van der Waals surface area contributed by atoms with Gasteiger partial charge in [0.2, 0.25) is 0 Å². The average Bonchev–Trinajstić information content (AvgIpc) is 3.31. The van der Waals surface area contributed by atoms with E-state index in [0.717, 1.165) is 30.8 Å². The fourth-order valence-electron chi connectivity index (χ4n) is 5.11. The van der Waals surface area contributed by atoms with Crippen LogP contribution in [0, 0.1) is 29.6 Å². The molecule has 1 saturated heterocycles. The lowest BCUT2D eigenvalue weighted by atomic mass is 10.1. The fraction of sp³-hybridized carbons (Fsp3) is 0.462. The number of β-amino-alcohol motifs (C(OH)–C–C–N with tert-alkyl or cyclic N) is 1. The molecule has 0 bridgehead atoms. The standard InChI is InChI=1S/C26H31N5O3/c1-16(32)13-30-14-21-20(22(21)15-30)8-5-18-3-6-19(7-4-18)25-11-23(29-34-25)24(12-27)31-10-9-28-26(31)17(2)33/h3-4,6-7,9-11,16-17,20-22,24,32-33H,12-15,27H2,1-2H3/t16?,17-,20?,21-,22+,24+/m0/s1. The number of benzene rings is 1. The zero-order valence-corrected chi connectivity index (χ0v) is 19.5. The molecule has 1 aromatic carbocycles. The van der Waals surface area contributed by atoms with Crippen LogP contribution in [0.1, 0.15) is 43.1 Å². The quantitative estimate of drug-likeness (QED) is 0.462. The van der Waals surface area contributed by atoms with Gasteiger partial charge in [-0.25, -0.2) is 4.98 Å². The predicted molar refractivity (Wildman–Crippen MR) is 127 cm³/mol. The summed E-state index contributed by atoms with van der Waals surface area (Å²) in [6, 6.07) is 9.59. The highest BCUT2D eigenvalue weighted by Crippen LogP contribution is 2.51. The zero-order chi connectivity index (χ0) is 23.8. The van der Waals surface area contributed by atoms with Gasteiger partial charge in [-0.1, -0.05) is 17.0 Å². The van der Waals surface area contributed by atoms with Gasteiger partial charge >= 0.3 is 0 Å². The minimum Gasteiger partial charge on any atom is -0.392 e. The van der Waals surface area contributed by atoms with Gasteiger partial charge in [-0.3, -0.25) is 0 Å². The number of piperidine rings is 1. The first-order valence-electron chi connectivity index (χ1n) is 11.8. The van der Waals surface area contributed by atoms with Crippen LogP contribution in [0.25, 0.3) is 11.3 Å². The average molecular weight is 462 g/mol. The minimum absolute atomic E-state index is 0.269. The van der Waals surface area contributed by atoms with Crippen molar-refractivity contribution in [3.8, 4) is 23.2 Å². The van der Waals surface area contributed by atoms with E-state index in [1.807, 2.05) is 41.8 Å². The molecule has 3 aromatic rings. The molecule has 6 atom stereocenters. The highest BCUT2D eigenvalue weighted by Gasteiger charge is 2.54. The van der Waals surface area contributed by atoms with E-state index in [0.29, 0.717) is 41.6 Å². The second-order valence-corrected chi connectivity index (χ2v) is 9.50. The van der Waals surface area contributed by atoms with Gasteiger partial charge in [-0.05, 0) is 49.9 Å². The summed E-state index contributed by atoms with van der Waals surface area (Å²) in [7, 11) is 0. The van der Waals surface area contributed by atoms with E-state index in [2.05, 4.69) is 26.9 Å². The molecule has 178 valence electrons. The number of aliphatic hydroxyl groups excluding tert-OH is 2. The summed E-state index contributed by atoms with van der Waals surface area (Å²) in [5.41, 5.74) is 8.60. The lowest BCUT2D eigenvalue weighted by Crippen LogP contribution is -2.31. The number of rotatable bonds is 7. The SMILES string of the molecule is CC(O)CN1C[C@@H]2C(C#Cc3ccc(-c4cc([C@@H](CN)n5ccnc5[C@H](C)O)no4)cc3)[C@@H]2C1. The number of nitrogens with two attached hydrogens (primary N) is 1. The molecule has 1 aliphatic carbocycles. The molecule has 2 aromatic heterocycles. The molecule has 3 heterocycles. The molecule has 4 N–H and O–H groups in total. The second-order valence-electron chi connectivity index (χ2n) is 9.50. The van der Waals surface area contributed by atoms with Gasteiger partial charge in [0.25, 0.3) is 0 Å². The van der Waals surface area contributed by atoms with E-state index in [-0.39, 0.29) is 12.1 Å². The van der Waals surface area contributed by atoms with Crippen LogP contribution in [0.3, 0.4) is 0 Å². The fourth-order valence-corrected chi connectivity index (χ4v) is 5.11. The van der Waals surface area contributed by atoms with Crippen LogP contribution in [0.5, 0.6) is 0 Å². The summed E-state index contributed by atoms with van der Waals surface area (Å²) in [5, 5.41) is 23.8. The minimum atomic E-state index is -0.706. The number of nitrogens with zero attached hydrogens (tertiary/aromatic N) is 4. The summed E-state index contributed by atoms with van der Waals surface area (Å²) in [6.07, 6.45) is 2.46. The van der Waals surface area contributed by atoms with Crippen LogP contribution >= 0.6 is 0 Å². The number of fused-ring (bicyclic) bond motifs is 1. The van der Waals surface area contributed by atoms with E-state index >= 15 is 0 Å². The number of likely N-dealkylation sites (tertiary alicyclic amines) is 1. The van der Waals surface area contributed by atoms with E-state index in [9.17, 15) is 10.2 Å². The Morgan fingerprint density at radius 2 is 1.91 bits per heavy atom. The van der Waals surface area contributed by atoms with Gasteiger partial charge in [0.05, 0.1) is 12.1 Å². The first-order valence-corrected chi connectivity index (χ1v) is 11.8. The van der Waals surface area contributed by atoms with Crippen molar-refractivity contribution in [3.63, 3.8) is 0 Å². The summed E-state index contributed by atoms with van der Waals surface area (Å²) in [6.45, 7) is 6.67. The number of hydrogen-bond acceptors (Lipinski definition) is 7. The Labute approximate surface area is 199 Å². The molecule has 2 fully saturated rings. The van der Waals surface area contributed by atoms with Gasteiger partial charge in [-0.15, -0.1) is 0 Å². The largest absolute Gasteiger partial charge is 0.392 e. The summed E-state index contributed by atoms with van der Waals surface area (Å²) in [5.74, 6) is 9.74. The number of hydrogen-bond donors (Lipinski definition) is 3.